The number of aliphatic carboxylic acids is 1. The van der Waals surface area contributed by atoms with Crippen molar-refractivity contribution < 1.29 is 19.5 Å². The fourth-order valence-electron chi connectivity index (χ4n) is 1.17. The second kappa shape index (κ2) is 6.72. The average molecular weight is 245 g/mol. The van der Waals surface area contributed by atoms with E-state index in [4.69, 9.17) is 10.8 Å². The molecule has 0 aliphatic heterocycles. The van der Waals surface area contributed by atoms with Crippen LogP contribution in [-0.2, 0) is 9.59 Å². The lowest BCUT2D eigenvalue weighted by Gasteiger charge is -2.24. The number of nitrogens with zero attached hydrogens (tertiary/aromatic N) is 1. The molecule has 0 saturated carbocycles. The molecule has 0 radical (unpaired) electrons. The molecule has 0 saturated heterocycles. The third kappa shape index (κ3) is 6.39. The highest BCUT2D eigenvalue weighted by Gasteiger charge is 2.20. The van der Waals surface area contributed by atoms with Gasteiger partial charge in [-0.05, 0) is 12.8 Å². The maximum atomic E-state index is 11.7. The molecule has 1 atom stereocenters. The van der Waals surface area contributed by atoms with Gasteiger partial charge in [-0.15, -0.1) is 0 Å². The van der Waals surface area contributed by atoms with Gasteiger partial charge in [0.2, 0.25) is 5.91 Å². The molecule has 0 aromatic heterocycles. The molecule has 0 heterocycles. The molecule has 0 aromatic rings. The van der Waals surface area contributed by atoms with Crippen molar-refractivity contribution in [3.63, 3.8) is 0 Å². The molecular formula is C10H19N3O4. The van der Waals surface area contributed by atoms with Crippen LogP contribution in [-0.4, -0.2) is 47.0 Å². The Bertz CT molecular complexity index is 304. The topological polar surface area (TPSA) is 113 Å². The first-order chi connectivity index (χ1) is 7.73. The van der Waals surface area contributed by atoms with Crippen LogP contribution in [0.3, 0.4) is 0 Å². The molecule has 17 heavy (non-hydrogen) atoms. The van der Waals surface area contributed by atoms with Gasteiger partial charge in [0.1, 0.15) is 12.6 Å². The van der Waals surface area contributed by atoms with Crippen molar-refractivity contribution in [2.45, 2.75) is 26.8 Å². The van der Waals surface area contributed by atoms with Crippen molar-refractivity contribution in [1.29, 1.82) is 0 Å². The van der Waals surface area contributed by atoms with E-state index >= 15 is 0 Å². The van der Waals surface area contributed by atoms with E-state index < -0.39 is 30.5 Å². The zero-order chi connectivity index (χ0) is 13.6. The Morgan fingerprint density at radius 2 is 1.82 bits per heavy atom. The number of carboxylic acids is 1. The number of urea groups is 1. The molecule has 98 valence electrons. The van der Waals surface area contributed by atoms with Gasteiger partial charge in [0.25, 0.3) is 0 Å². The molecule has 1 unspecified atom stereocenters. The maximum Gasteiger partial charge on any atom is 0.323 e. The molecule has 0 rings (SSSR count). The summed E-state index contributed by atoms with van der Waals surface area (Å²) in [6.45, 7) is 5.05. The Hall–Kier alpha value is -1.79. The van der Waals surface area contributed by atoms with Crippen LogP contribution in [0.4, 0.5) is 4.79 Å². The molecular weight excluding hydrogens is 226 g/mol. The first-order valence-corrected chi connectivity index (χ1v) is 5.30. The van der Waals surface area contributed by atoms with Crippen molar-refractivity contribution in [2.24, 2.45) is 11.7 Å². The quantitative estimate of drug-likeness (QED) is 0.591. The van der Waals surface area contributed by atoms with Crippen LogP contribution in [0.15, 0.2) is 0 Å². The first-order valence-electron chi connectivity index (χ1n) is 5.30. The zero-order valence-electron chi connectivity index (χ0n) is 10.3. The highest BCUT2D eigenvalue weighted by molar-refractivity contribution is 5.86. The Morgan fingerprint density at radius 3 is 2.18 bits per heavy atom. The van der Waals surface area contributed by atoms with Crippen LogP contribution in [0.25, 0.3) is 0 Å². The van der Waals surface area contributed by atoms with Gasteiger partial charge in [0, 0.05) is 6.54 Å². The van der Waals surface area contributed by atoms with Gasteiger partial charge in [-0.3, -0.25) is 9.59 Å². The van der Waals surface area contributed by atoms with Gasteiger partial charge < -0.3 is 21.1 Å². The summed E-state index contributed by atoms with van der Waals surface area (Å²) in [4.78, 5) is 34.2. The number of amides is 3. The molecule has 7 heteroatoms. The Morgan fingerprint density at radius 1 is 1.29 bits per heavy atom. The molecule has 7 nitrogen and oxygen atoms in total. The van der Waals surface area contributed by atoms with E-state index in [0.29, 0.717) is 6.54 Å². The van der Waals surface area contributed by atoms with Gasteiger partial charge in [0.15, 0.2) is 0 Å². The fraction of sp³-hybridized carbons (Fsp3) is 0.700. The molecule has 3 amide bonds. The third-order valence-corrected chi connectivity index (χ3v) is 1.97. The minimum absolute atomic E-state index is 0.129. The summed E-state index contributed by atoms with van der Waals surface area (Å²) in [6, 6.07) is -1.43. The third-order valence-electron chi connectivity index (χ3n) is 1.97. The van der Waals surface area contributed by atoms with Gasteiger partial charge >= 0.3 is 12.0 Å². The number of primary amides is 1. The van der Waals surface area contributed by atoms with Gasteiger partial charge in [0.05, 0.1) is 0 Å². The summed E-state index contributed by atoms with van der Waals surface area (Å²) < 4.78 is 0. The Balaban J connectivity index is 4.51. The lowest BCUT2D eigenvalue weighted by Crippen LogP contribution is -2.50. The molecule has 4 N–H and O–H groups in total. The van der Waals surface area contributed by atoms with E-state index in [9.17, 15) is 14.4 Å². The van der Waals surface area contributed by atoms with E-state index in [1.807, 2.05) is 13.8 Å². The smallest absolute Gasteiger partial charge is 0.323 e. The lowest BCUT2D eigenvalue weighted by molar-refractivity contribution is -0.137. The van der Waals surface area contributed by atoms with Crippen molar-refractivity contribution >= 4 is 17.9 Å². The number of carbonyl (C=O) groups excluding carboxylic acids is 2. The highest BCUT2D eigenvalue weighted by Crippen LogP contribution is 1.99. The summed E-state index contributed by atoms with van der Waals surface area (Å²) in [5.41, 5.74) is 5.00. The summed E-state index contributed by atoms with van der Waals surface area (Å²) in [5.74, 6) is -1.64. The van der Waals surface area contributed by atoms with E-state index in [1.54, 1.807) is 0 Å². The molecule has 0 aliphatic carbocycles. The number of rotatable bonds is 6. The number of nitrogens with one attached hydrogen (secondary N) is 1. The second-order valence-corrected chi connectivity index (χ2v) is 4.24. The van der Waals surface area contributed by atoms with Crippen LogP contribution < -0.4 is 11.1 Å². The normalized spacial score (nSPS) is 12.0. The molecule has 0 bridgehead atoms. The lowest BCUT2D eigenvalue weighted by atomic mass is 10.2. The van der Waals surface area contributed by atoms with Gasteiger partial charge in [-0.2, -0.15) is 0 Å². The first kappa shape index (κ1) is 15.2. The zero-order valence-corrected chi connectivity index (χ0v) is 10.3. The number of hydrogen-bond donors (Lipinski definition) is 3. The molecule has 0 aliphatic rings. The van der Waals surface area contributed by atoms with Gasteiger partial charge in [-0.1, -0.05) is 13.8 Å². The monoisotopic (exact) mass is 245 g/mol. The standard InChI is InChI=1S/C10H19N3O4/c1-6(2)4-13(5-8(14)15)10(17)12-7(3)9(11)16/h6-7H,4-5H2,1-3H3,(H2,11,16)(H,12,17)(H,14,15). The summed E-state index contributed by atoms with van der Waals surface area (Å²) in [5, 5.41) is 11.0. The summed E-state index contributed by atoms with van der Waals surface area (Å²) >= 11 is 0. The maximum absolute atomic E-state index is 11.7. The van der Waals surface area contributed by atoms with E-state index in [0.717, 1.165) is 4.90 Å². The number of carbonyl (C=O) groups is 3. The van der Waals surface area contributed by atoms with Crippen LogP contribution in [0.2, 0.25) is 0 Å². The van der Waals surface area contributed by atoms with Crippen LogP contribution >= 0.6 is 0 Å². The largest absolute Gasteiger partial charge is 0.480 e. The summed E-state index contributed by atoms with van der Waals surface area (Å²) in [7, 11) is 0. The Kier molecular flexibility index (Phi) is 6.01. The number of nitrogens with two attached hydrogens (primary N) is 1. The van der Waals surface area contributed by atoms with Crippen LogP contribution in [0.1, 0.15) is 20.8 Å². The second-order valence-electron chi connectivity index (χ2n) is 4.24. The predicted octanol–water partition coefficient (Wildman–Crippen LogP) is -0.388. The minimum atomic E-state index is -1.10. The Labute approximate surface area is 100.0 Å². The van der Waals surface area contributed by atoms with Crippen molar-refractivity contribution in [3.05, 3.63) is 0 Å². The van der Waals surface area contributed by atoms with E-state index in [2.05, 4.69) is 5.32 Å². The molecule has 0 fully saturated rings. The van der Waals surface area contributed by atoms with E-state index in [-0.39, 0.29) is 5.92 Å². The van der Waals surface area contributed by atoms with Crippen LogP contribution in [0, 0.1) is 5.92 Å². The fourth-order valence-corrected chi connectivity index (χ4v) is 1.17. The van der Waals surface area contributed by atoms with Crippen LogP contribution in [0.5, 0.6) is 0 Å². The van der Waals surface area contributed by atoms with Crippen molar-refractivity contribution in [3.8, 4) is 0 Å². The number of carboxylic acid groups (broad SMARTS) is 1. The SMILES string of the molecule is CC(C)CN(CC(=O)O)C(=O)NC(C)C(N)=O. The van der Waals surface area contributed by atoms with Crippen molar-refractivity contribution in [1.82, 2.24) is 10.2 Å². The summed E-state index contributed by atoms with van der Waals surface area (Å²) in [6.07, 6.45) is 0. The van der Waals surface area contributed by atoms with Gasteiger partial charge in [-0.25, -0.2) is 4.79 Å². The van der Waals surface area contributed by atoms with Crippen molar-refractivity contribution in [2.75, 3.05) is 13.1 Å². The molecule has 0 aromatic carbocycles. The minimum Gasteiger partial charge on any atom is -0.480 e. The molecule has 0 spiro atoms. The predicted molar refractivity (Wildman–Crippen MR) is 61.2 cm³/mol. The average Bonchev–Trinajstić information content (AvgIpc) is 2.14. The highest BCUT2D eigenvalue weighted by atomic mass is 16.4. The van der Waals surface area contributed by atoms with E-state index in [1.165, 1.54) is 6.92 Å². The number of hydrogen-bond acceptors (Lipinski definition) is 3.